The second-order valence-electron chi connectivity index (χ2n) is 6.47. The monoisotopic (exact) mass is 436 g/mol. The molecule has 0 aliphatic heterocycles. The van der Waals surface area contributed by atoms with E-state index in [9.17, 15) is 0 Å². The third-order valence-corrected chi connectivity index (χ3v) is 4.29. The second-order valence-corrected chi connectivity index (χ2v) is 7.35. The summed E-state index contributed by atoms with van der Waals surface area (Å²) >= 11 is 12.2. The van der Waals surface area contributed by atoms with Gasteiger partial charge in [-0.25, -0.2) is 4.98 Å². The largest absolute Gasteiger partial charge is 0.469 e. The summed E-state index contributed by atoms with van der Waals surface area (Å²) in [6.45, 7) is 8.50. The Morgan fingerprint density at radius 1 is 1.38 bits per heavy atom. The maximum absolute atomic E-state index is 9.15. The number of aromatic nitrogens is 2. The van der Waals surface area contributed by atoms with E-state index < -0.39 is 0 Å². The molecule has 8 heteroatoms. The van der Waals surface area contributed by atoms with Crippen LogP contribution in [0.15, 0.2) is 60.1 Å². The molecule has 0 amide bonds. The first kappa shape index (κ1) is 23.0. The van der Waals surface area contributed by atoms with E-state index in [1.807, 2.05) is 42.8 Å². The van der Waals surface area contributed by atoms with Gasteiger partial charge in [-0.3, -0.25) is 0 Å². The predicted molar refractivity (Wildman–Crippen MR) is 118 cm³/mol. The van der Waals surface area contributed by atoms with E-state index in [0.29, 0.717) is 28.3 Å². The SMILES string of the molecule is C=C(/N=C(\C=C/CC)OCc1nccn1Cc1cc(Cl)cc(Cl)c1)NC(C)CO. The first-order valence-electron chi connectivity index (χ1n) is 9.30. The topological polar surface area (TPSA) is 71.7 Å². The van der Waals surface area contributed by atoms with Gasteiger partial charge in [-0.15, -0.1) is 0 Å². The van der Waals surface area contributed by atoms with Gasteiger partial charge >= 0.3 is 0 Å². The Morgan fingerprint density at radius 3 is 2.76 bits per heavy atom. The highest BCUT2D eigenvalue weighted by Gasteiger charge is 2.08. The molecule has 0 saturated carbocycles. The Hall–Kier alpha value is -2.28. The summed E-state index contributed by atoms with van der Waals surface area (Å²) in [5.41, 5.74) is 0.970. The molecular formula is C21H26Cl2N4O2. The van der Waals surface area contributed by atoms with Crippen LogP contribution in [0, 0.1) is 0 Å². The van der Waals surface area contributed by atoms with E-state index in [1.54, 1.807) is 18.3 Å². The van der Waals surface area contributed by atoms with Crippen molar-refractivity contribution >= 4 is 29.1 Å². The van der Waals surface area contributed by atoms with Gasteiger partial charge in [0.05, 0.1) is 6.61 Å². The average Bonchev–Trinajstić information content (AvgIpc) is 3.09. The lowest BCUT2D eigenvalue weighted by molar-refractivity contribution is 0.257. The summed E-state index contributed by atoms with van der Waals surface area (Å²) in [4.78, 5) is 8.73. The van der Waals surface area contributed by atoms with Crippen molar-refractivity contribution in [1.82, 2.24) is 14.9 Å². The summed E-state index contributed by atoms with van der Waals surface area (Å²) in [6, 6.07) is 5.29. The van der Waals surface area contributed by atoms with Gasteiger partial charge in [-0.2, -0.15) is 4.99 Å². The zero-order valence-electron chi connectivity index (χ0n) is 16.6. The van der Waals surface area contributed by atoms with Crippen LogP contribution >= 0.6 is 23.2 Å². The highest BCUT2D eigenvalue weighted by molar-refractivity contribution is 6.34. The lowest BCUT2D eigenvalue weighted by Gasteiger charge is -2.13. The molecule has 1 aromatic heterocycles. The van der Waals surface area contributed by atoms with Crippen molar-refractivity contribution in [2.24, 2.45) is 4.99 Å². The zero-order chi connectivity index (χ0) is 21.2. The molecule has 1 atom stereocenters. The number of rotatable bonds is 10. The Balaban J connectivity index is 2.08. The number of aliphatic imine (C=N–C) groups is 1. The normalized spacial score (nSPS) is 12.9. The van der Waals surface area contributed by atoms with Crippen molar-refractivity contribution in [3.63, 3.8) is 0 Å². The molecule has 1 heterocycles. The van der Waals surface area contributed by atoms with Crippen LogP contribution in [0.5, 0.6) is 0 Å². The number of benzene rings is 1. The van der Waals surface area contributed by atoms with Gasteiger partial charge in [-0.05, 0) is 43.2 Å². The smallest absolute Gasteiger partial charge is 0.215 e. The van der Waals surface area contributed by atoms with Crippen LogP contribution in [-0.2, 0) is 17.9 Å². The van der Waals surface area contributed by atoms with Gasteiger partial charge < -0.3 is 19.7 Å². The number of halogens is 2. The Bertz CT molecular complexity index is 857. The first-order valence-corrected chi connectivity index (χ1v) is 10.1. The average molecular weight is 437 g/mol. The van der Waals surface area contributed by atoms with Gasteiger partial charge in [0.2, 0.25) is 5.90 Å². The maximum atomic E-state index is 9.15. The summed E-state index contributed by atoms with van der Waals surface area (Å²) in [5.74, 6) is 1.56. The number of imidazole rings is 1. The Kier molecular flexibility index (Phi) is 9.25. The van der Waals surface area contributed by atoms with Crippen LogP contribution in [0.3, 0.4) is 0 Å². The highest BCUT2D eigenvalue weighted by atomic mass is 35.5. The minimum absolute atomic E-state index is 0.0134. The van der Waals surface area contributed by atoms with E-state index in [0.717, 1.165) is 17.8 Å². The van der Waals surface area contributed by atoms with Crippen LogP contribution < -0.4 is 5.32 Å². The Morgan fingerprint density at radius 2 is 2.10 bits per heavy atom. The van der Waals surface area contributed by atoms with E-state index in [1.165, 1.54) is 0 Å². The second kappa shape index (κ2) is 11.7. The number of nitrogens with one attached hydrogen (secondary N) is 1. The molecule has 2 rings (SSSR count). The van der Waals surface area contributed by atoms with Crippen LogP contribution in [-0.4, -0.2) is 33.2 Å². The van der Waals surface area contributed by atoms with Gasteiger partial charge in [0.1, 0.15) is 18.3 Å². The molecule has 0 spiro atoms. The molecule has 0 bridgehead atoms. The molecule has 2 aromatic rings. The molecule has 0 fully saturated rings. The summed E-state index contributed by atoms with van der Waals surface area (Å²) in [5, 5.41) is 13.3. The number of hydrogen-bond acceptors (Lipinski definition) is 5. The van der Waals surface area contributed by atoms with E-state index in [-0.39, 0.29) is 19.3 Å². The summed E-state index contributed by atoms with van der Waals surface area (Å²) < 4.78 is 7.83. The number of allylic oxidation sites excluding steroid dienone is 1. The van der Waals surface area contributed by atoms with Crippen molar-refractivity contribution in [3.8, 4) is 0 Å². The molecule has 0 aliphatic carbocycles. The molecule has 1 aromatic carbocycles. The third kappa shape index (κ3) is 7.93. The minimum Gasteiger partial charge on any atom is -0.469 e. The number of aliphatic hydroxyl groups is 1. The molecule has 29 heavy (non-hydrogen) atoms. The quantitative estimate of drug-likeness (QED) is 0.422. The highest BCUT2D eigenvalue weighted by Crippen LogP contribution is 2.20. The molecule has 1 unspecified atom stereocenters. The molecule has 6 nitrogen and oxygen atoms in total. The standard InChI is InChI=1S/C21H26Cl2N4O2/c1-4-5-6-21(26-16(3)25-15(2)13-28)29-14-20-24-7-8-27(20)12-17-9-18(22)11-19(23)10-17/h5-11,15,25,28H,3-4,12-14H2,1-2H3/b6-5-,26-21+. The van der Waals surface area contributed by atoms with Crippen LogP contribution in [0.4, 0.5) is 0 Å². The lowest BCUT2D eigenvalue weighted by atomic mass is 10.2. The molecular weight excluding hydrogens is 411 g/mol. The molecule has 0 aliphatic rings. The van der Waals surface area contributed by atoms with Crippen LogP contribution in [0.25, 0.3) is 0 Å². The van der Waals surface area contributed by atoms with Crippen molar-refractivity contribution in [2.45, 2.75) is 39.5 Å². The van der Waals surface area contributed by atoms with Crippen molar-refractivity contribution in [1.29, 1.82) is 0 Å². The number of hydrogen-bond donors (Lipinski definition) is 2. The number of ether oxygens (including phenoxy) is 1. The van der Waals surface area contributed by atoms with Crippen molar-refractivity contribution in [3.05, 3.63) is 76.6 Å². The van der Waals surface area contributed by atoms with E-state index >= 15 is 0 Å². The van der Waals surface area contributed by atoms with Crippen molar-refractivity contribution in [2.75, 3.05) is 6.61 Å². The first-order chi connectivity index (χ1) is 13.9. The third-order valence-electron chi connectivity index (χ3n) is 3.85. The zero-order valence-corrected chi connectivity index (χ0v) is 18.1. The summed E-state index contributed by atoms with van der Waals surface area (Å²) in [6.07, 6.45) is 8.17. The maximum Gasteiger partial charge on any atom is 0.215 e. The number of nitrogens with zero attached hydrogens (tertiary/aromatic N) is 3. The van der Waals surface area contributed by atoms with E-state index in [4.69, 9.17) is 33.0 Å². The van der Waals surface area contributed by atoms with Crippen LogP contribution in [0.1, 0.15) is 31.7 Å². The molecule has 0 radical (unpaired) electrons. The Labute approximate surface area is 181 Å². The van der Waals surface area contributed by atoms with Crippen LogP contribution in [0.2, 0.25) is 10.0 Å². The fraction of sp³-hybridized carbons (Fsp3) is 0.333. The van der Waals surface area contributed by atoms with Gasteiger partial charge in [0.25, 0.3) is 0 Å². The minimum atomic E-state index is -0.147. The fourth-order valence-electron chi connectivity index (χ4n) is 2.49. The number of aliphatic hydroxyl groups excluding tert-OH is 1. The predicted octanol–water partition coefficient (Wildman–Crippen LogP) is 4.56. The summed E-state index contributed by atoms with van der Waals surface area (Å²) in [7, 11) is 0. The lowest BCUT2D eigenvalue weighted by Crippen LogP contribution is -2.28. The van der Waals surface area contributed by atoms with Gasteiger partial charge in [0.15, 0.2) is 0 Å². The van der Waals surface area contributed by atoms with Crippen molar-refractivity contribution < 1.29 is 9.84 Å². The van der Waals surface area contributed by atoms with E-state index in [2.05, 4.69) is 21.9 Å². The molecule has 0 saturated heterocycles. The fourth-order valence-corrected chi connectivity index (χ4v) is 3.06. The van der Waals surface area contributed by atoms with Gasteiger partial charge in [0, 0.05) is 35.0 Å². The molecule has 156 valence electrons. The van der Waals surface area contributed by atoms with Gasteiger partial charge in [-0.1, -0.05) is 42.8 Å². The molecule has 2 N–H and O–H groups in total.